The number of amides is 1. The Labute approximate surface area is 166 Å². The van der Waals surface area contributed by atoms with Gasteiger partial charge < -0.3 is 9.84 Å². The molecule has 3 heterocycles. The summed E-state index contributed by atoms with van der Waals surface area (Å²) < 4.78 is 5.42. The molecule has 0 unspecified atom stereocenters. The fourth-order valence-electron chi connectivity index (χ4n) is 2.82. The molecule has 0 radical (unpaired) electrons. The third-order valence-electron chi connectivity index (χ3n) is 4.20. The van der Waals surface area contributed by atoms with Gasteiger partial charge in [0.05, 0.1) is 19.3 Å². The van der Waals surface area contributed by atoms with Crippen LogP contribution < -0.4 is 9.64 Å². The maximum Gasteiger partial charge on any atom is 0.412 e. The van der Waals surface area contributed by atoms with Crippen molar-refractivity contribution in [2.75, 3.05) is 12.0 Å². The quantitative estimate of drug-likeness (QED) is 0.595. The summed E-state index contributed by atoms with van der Waals surface area (Å²) in [5.74, 6) is 0.726. The summed E-state index contributed by atoms with van der Waals surface area (Å²) in [6.45, 7) is 3.92. The maximum atomic E-state index is 11.9. The molecule has 3 aromatic rings. The summed E-state index contributed by atoms with van der Waals surface area (Å²) in [6.07, 6.45) is 2.27. The summed E-state index contributed by atoms with van der Waals surface area (Å²) in [6, 6.07) is 5.40. The predicted molar refractivity (Wildman–Crippen MR) is 107 cm³/mol. The second kappa shape index (κ2) is 7.94. The van der Waals surface area contributed by atoms with E-state index in [1.165, 1.54) is 16.2 Å². The van der Waals surface area contributed by atoms with E-state index in [-0.39, 0.29) is 6.54 Å². The third-order valence-corrected chi connectivity index (χ3v) is 5.36. The lowest BCUT2D eigenvalue weighted by molar-refractivity contribution is 0.201. The van der Waals surface area contributed by atoms with Crippen LogP contribution in [-0.2, 0) is 6.54 Å². The molecule has 0 aromatic carbocycles. The molecule has 1 amide bonds. The van der Waals surface area contributed by atoms with Crippen LogP contribution in [0.5, 0.6) is 5.75 Å². The normalized spacial score (nSPS) is 10.7. The predicted octanol–water partition coefficient (Wildman–Crippen LogP) is 5.17. The molecule has 0 spiro atoms. The number of aryl methyl sites for hydroxylation is 1. The molecular formula is C19H18ClN3O3S. The molecule has 0 saturated heterocycles. The molecule has 3 aromatic heterocycles. The number of carbonyl (C=O) groups is 1. The Balaban J connectivity index is 1.93. The number of hydrogen-bond donors (Lipinski definition) is 1. The van der Waals surface area contributed by atoms with Gasteiger partial charge in [-0.2, -0.15) is 0 Å². The lowest BCUT2D eigenvalue weighted by Crippen LogP contribution is -2.28. The first kappa shape index (κ1) is 19.1. The molecule has 0 aliphatic heterocycles. The van der Waals surface area contributed by atoms with E-state index >= 15 is 0 Å². The van der Waals surface area contributed by atoms with E-state index in [1.807, 2.05) is 31.4 Å². The van der Waals surface area contributed by atoms with E-state index < -0.39 is 6.09 Å². The topological polar surface area (TPSA) is 75.5 Å². The zero-order valence-corrected chi connectivity index (χ0v) is 16.6. The van der Waals surface area contributed by atoms with E-state index in [0.29, 0.717) is 15.8 Å². The van der Waals surface area contributed by atoms with Gasteiger partial charge in [-0.1, -0.05) is 11.6 Å². The molecule has 140 valence electrons. The number of anilines is 1. The molecule has 8 heteroatoms. The Morgan fingerprint density at radius 2 is 2.07 bits per heavy atom. The van der Waals surface area contributed by atoms with Gasteiger partial charge >= 0.3 is 6.09 Å². The van der Waals surface area contributed by atoms with Gasteiger partial charge in [0.1, 0.15) is 15.9 Å². The lowest BCUT2D eigenvalue weighted by atomic mass is 10.1. The zero-order chi connectivity index (χ0) is 19.6. The largest absolute Gasteiger partial charge is 0.496 e. The number of nitrogens with zero attached hydrogens (tertiary/aromatic N) is 3. The van der Waals surface area contributed by atoms with Crippen LogP contribution in [0.3, 0.4) is 0 Å². The first-order valence-corrected chi connectivity index (χ1v) is 9.36. The second-order valence-corrected chi connectivity index (χ2v) is 7.23. The Morgan fingerprint density at radius 1 is 1.30 bits per heavy atom. The van der Waals surface area contributed by atoms with E-state index in [1.54, 1.807) is 25.6 Å². The highest BCUT2D eigenvalue weighted by Gasteiger charge is 2.20. The first-order valence-electron chi connectivity index (χ1n) is 8.10. The van der Waals surface area contributed by atoms with Gasteiger partial charge in [0, 0.05) is 28.9 Å². The molecule has 0 atom stereocenters. The van der Waals surface area contributed by atoms with Crippen LogP contribution in [0.1, 0.15) is 16.8 Å². The van der Waals surface area contributed by atoms with Crippen molar-refractivity contribution in [2.45, 2.75) is 20.4 Å². The van der Waals surface area contributed by atoms with Crippen LogP contribution in [0, 0.1) is 13.8 Å². The van der Waals surface area contributed by atoms with Gasteiger partial charge in [0.25, 0.3) is 0 Å². The number of halogens is 1. The van der Waals surface area contributed by atoms with E-state index in [4.69, 9.17) is 16.3 Å². The van der Waals surface area contributed by atoms with Gasteiger partial charge in [-0.15, -0.1) is 11.3 Å². The Bertz CT molecular complexity index is 990. The van der Waals surface area contributed by atoms with Crippen molar-refractivity contribution >= 4 is 34.0 Å². The molecular weight excluding hydrogens is 386 g/mol. The second-order valence-electron chi connectivity index (χ2n) is 5.96. The summed E-state index contributed by atoms with van der Waals surface area (Å²) in [7, 11) is 1.60. The van der Waals surface area contributed by atoms with Crippen molar-refractivity contribution in [3.63, 3.8) is 0 Å². The minimum atomic E-state index is -1.04. The average molecular weight is 404 g/mol. The van der Waals surface area contributed by atoms with Crippen molar-refractivity contribution in [1.29, 1.82) is 0 Å². The number of rotatable bonds is 5. The SMILES string of the molecule is COc1c(C)cnc(CN(C(=O)O)c2cc(-c3ccnc(Cl)c3)cs2)c1C. The van der Waals surface area contributed by atoms with E-state index in [2.05, 4.69) is 9.97 Å². The molecule has 27 heavy (non-hydrogen) atoms. The number of pyridine rings is 2. The third kappa shape index (κ3) is 4.04. The Hall–Kier alpha value is -2.64. The standard InChI is InChI=1S/C19H18ClN3O3S/c1-11-8-22-15(12(2)18(11)26-3)9-23(19(24)25)17-7-14(10-27-17)13-4-5-21-16(20)6-13/h4-8,10H,9H2,1-3H3,(H,24,25). The molecule has 3 rings (SSSR count). The Morgan fingerprint density at radius 3 is 2.74 bits per heavy atom. The number of carboxylic acid groups (broad SMARTS) is 1. The number of hydrogen-bond acceptors (Lipinski definition) is 5. The summed E-state index contributed by atoms with van der Waals surface area (Å²) in [5.41, 5.74) is 4.17. The number of aromatic nitrogens is 2. The van der Waals surface area contributed by atoms with Crippen LogP contribution in [0.25, 0.3) is 11.1 Å². The Kier molecular flexibility index (Phi) is 5.62. The van der Waals surface area contributed by atoms with Gasteiger partial charge in [-0.05, 0) is 43.2 Å². The van der Waals surface area contributed by atoms with Crippen LogP contribution in [0.2, 0.25) is 5.15 Å². The molecule has 0 bridgehead atoms. The van der Waals surface area contributed by atoms with E-state index in [9.17, 15) is 9.90 Å². The molecule has 0 fully saturated rings. The van der Waals surface area contributed by atoms with Gasteiger partial charge in [-0.25, -0.2) is 9.78 Å². The first-order chi connectivity index (χ1) is 12.9. The lowest BCUT2D eigenvalue weighted by Gasteiger charge is -2.19. The summed E-state index contributed by atoms with van der Waals surface area (Å²) >= 11 is 7.30. The minimum absolute atomic E-state index is 0.134. The zero-order valence-electron chi connectivity index (χ0n) is 15.1. The number of methoxy groups -OCH3 is 1. The average Bonchev–Trinajstić information content (AvgIpc) is 3.11. The van der Waals surface area contributed by atoms with Gasteiger partial charge in [0.15, 0.2) is 0 Å². The smallest absolute Gasteiger partial charge is 0.412 e. The van der Waals surface area contributed by atoms with Crippen molar-refractivity contribution in [2.24, 2.45) is 0 Å². The molecule has 0 aliphatic carbocycles. The van der Waals surface area contributed by atoms with Crippen LogP contribution in [0.15, 0.2) is 36.0 Å². The molecule has 1 N–H and O–H groups in total. The highest BCUT2D eigenvalue weighted by Crippen LogP contribution is 2.34. The molecule has 0 aliphatic rings. The maximum absolute atomic E-state index is 11.9. The van der Waals surface area contributed by atoms with Gasteiger partial charge in [-0.3, -0.25) is 9.88 Å². The van der Waals surface area contributed by atoms with Gasteiger partial charge in [0.2, 0.25) is 0 Å². The van der Waals surface area contributed by atoms with Crippen LogP contribution >= 0.6 is 22.9 Å². The molecule has 6 nitrogen and oxygen atoms in total. The van der Waals surface area contributed by atoms with E-state index in [0.717, 1.165) is 28.0 Å². The fourth-order valence-corrected chi connectivity index (χ4v) is 3.91. The van der Waals surface area contributed by atoms with Crippen molar-refractivity contribution < 1.29 is 14.6 Å². The van der Waals surface area contributed by atoms with Crippen LogP contribution in [0.4, 0.5) is 9.80 Å². The minimum Gasteiger partial charge on any atom is -0.496 e. The highest BCUT2D eigenvalue weighted by atomic mass is 35.5. The monoisotopic (exact) mass is 403 g/mol. The number of ether oxygens (including phenoxy) is 1. The van der Waals surface area contributed by atoms with Crippen molar-refractivity contribution in [1.82, 2.24) is 9.97 Å². The van der Waals surface area contributed by atoms with Crippen LogP contribution in [-0.4, -0.2) is 28.3 Å². The van der Waals surface area contributed by atoms with Crippen molar-refractivity contribution in [3.05, 3.63) is 57.9 Å². The highest BCUT2D eigenvalue weighted by molar-refractivity contribution is 7.14. The summed E-state index contributed by atoms with van der Waals surface area (Å²) in [4.78, 5) is 21.5. The fraction of sp³-hybridized carbons (Fsp3) is 0.211. The molecule has 0 saturated carbocycles. The number of thiophene rings is 1. The van der Waals surface area contributed by atoms with Crippen molar-refractivity contribution in [3.8, 4) is 16.9 Å². The summed E-state index contributed by atoms with van der Waals surface area (Å²) in [5, 5.41) is 12.6.